The summed E-state index contributed by atoms with van der Waals surface area (Å²) in [5, 5.41) is 6.71. The highest BCUT2D eigenvalue weighted by molar-refractivity contribution is 5.79. The van der Waals surface area contributed by atoms with Gasteiger partial charge in [-0.2, -0.15) is 0 Å². The van der Waals surface area contributed by atoms with Crippen LogP contribution in [0.3, 0.4) is 0 Å². The van der Waals surface area contributed by atoms with Crippen molar-refractivity contribution in [3.8, 4) is 5.75 Å². The van der Waals surface area contributed by atoms with Crippen molar-refractivity contribution < 1.29 is 4.74 Å². The summed E-state index contributed by atoms with van der Waals surface area (Å²) in [6, 6.07) is 12.3. The van der Waals surface area contributed by atoms with Crippen molar-refractivity contribution in [2.75, 3.05) is 26.7 Å². The number of benzene rings is 1. The third-order valence-corrected chi connectivity index (χ3v) is 4.16. The van der Waals surface area contributed by atoms with E-state index in [-0.39, 0.29) is 5.41 Å². The van der Waals surface area contributed by atoms with Gasteiger partial charge in [0, 0.05) is 37.4 Å². The van der Waals surface area contributed by atoms with Gasteiger partial charge in [-0.1, -0.05) is 26.0 Å². The fourth-order valence-electron chi connectivity index (χ4n) is 2.58. The van der Waals surface area contributed by atoms with E-state index < -0.39 is 0 Å². The highest BCUT2D eigenvalue weighted by Crippen LogP contribution is 2.26. The number of nitrogens with one attached hydrogen (secondary N) is 2. The van der Waals surface area contributed by atoms with E-state index in [1.54, 1.807) is 7.11 Å². The van der Waals surface area contributed by atoms with Gasteiger partial charge in [-0.05, 0) is 36.8 Å². The Bertz CT molecular complexity index is 662. The molecule has 0 amide bonds. The molecular formula is C20H30N4O. The first-order valence-electron chi connectivity index (χ1n) is 8.82. The molecule has 0 aliphatic heterocycles. The predicted molar refractivity (Wildman–Crippen MR) is 104 cm³/mol. The van der Waals surface area contributed by atoms with E-state index >= 15 is 0 Å². The average Bonchev–Trinajstić information content (AvgIpc) is 3.13. The molecule has 0 aliphatic carbocycles. The van der Waals surface area contributed by atoms with Crippen LogP contribution in [0.25, 0.3) is 0 Å². The Kier molecular flexibility index (Phi) is 6.92. The Balaban J connectivity index is 1.97. The van der Waals surface area contributed by atoms with Crippen molar-refractivity contribution in [3.63, 3.8) is 0 Å². The van der Waals surface area contributed by atoms with Crippen molar-refractivity contribution in [2.24, 2.45) is 4.99 Å². The molecule has 0 radical (unpaired) electrons. The summed E-state index contributed by atoms with van der Waals surface area (Å²) in [5.41, 5.74) is 1.15. The van der Waals surface area contributed by atoms with Crippen LogP contribution in [0.4, 0.5) is 0 Å². The van der Waals surface area contributed by atoms with Crippen LogP contribution in [0, 0.1) is 0 Å². The Labute approximate surface area is 151 Å². The van der Waals surface area contributed by atoms with Gasteiger partial charge in [0.1, 0.15) is 5.75 Å². The second-order valence-electron chi connectivity index (χ2n) is 6.66. The number of guanidine groups is 1. The molecule has 5 nitrogen and oxygen atoms in total. The first-order chi connectivity index (χ1) is 12.0. The van der Waals surface area contributed by atoms with Crippen molar-refractivity contribution in [2.45, 2.75) is 32.7 Å². The third kappa shape index (κ3) is 5.85. The summed E-state index contributed by atoms with van der Waals surface area (Å²) >= 11 is 0. The predicted octanol–water partition coefficient (Wildman–Crippen LogP) is 3.03. The molecule has 0 saturated carbocycles. The first-order valence-corrected chi connectivity index (χ1v) is 8.82. The molecule has 1 aromatic carbocycles. The molecule has 0 atom stereocenters. The van der Waals surface area contributed by atoms with Crippen LogP contribution in [0.1, 0.15) is 26.3 Å². The molecule has 136 valence electrons. The number of nitrogens with zero attached hydrogens (tertiary/aromatic N) is 2. The summed E-state index contributed by atoms with van der Waals surface area (Å²) in [6.07, 6.45) is 4.13. The van der Waals surface area contributed by atoms with Crippen LogP contribution in [0.5, 0.6) is 5.75 Å². The van der Waals surface area contributed by atoms with Gasteiger partial charge in [0.05, 0.1) is 13.7 Å². The van der Waals surface area contributed by atoms with Gasteiger partial charge in [0.25, 0.3) is 0 Å². The SMILES string of the molecule is CCNC(=NCC(C)(C)c1cccc(OC)c1)NCCn1cccc1. The molecule has 5 heteroatoms. The zero-order valence-electron chi connectivity index (χ0n) is 15.7. The third-order valence-electron chi connectivity index (χ3n) is 4.16. The summed E-state index contributed by atoms with van der Waals surface area (Å²) in [6.45, 7) is 9.77. The molecule has 0 spiro atoms. The molecular weight excluding hydrogens is 312 g/mol. The lowest BCUT2D eigenvalue weighted by molar-refractivity contribution is 0.412. The summed E-state index contributed by atoms with van der Waals surface area (Å²) in [5.74, 6) is 1.73. The molecule has 1 heterocycles. The molecule has 0 saturated heterocycles. The number of ether oxygens (including phenoxy) is 1. The van der Waals surface area contributed by atoms with Crippen LogP contribution in [0.2, 0.25) is 0 Å². The number of aliphatic imine (C=N–C) groups is 1. The van der Waals surface area contributed by atoms with E-state index in [0.29, 0.717) is 6.54 Å². The lowest BCUT2D eigenvalue weighted by Crippen LogP contribution is -2.39. The highest BCUT2D eigenvalue weighted by Gasteiger charge is 2.21. The maximum Gasteiger partial charge on any atom is 0.191 e. The van der Waals surface area contributed by atoms with Crippen LogP contribution in [0.15, 0.2) is 53.8 Å². The zero-order chi connectivity index (χ0) is 18.1. The number of aromatic nitrogens is 1. The van der Waals surface area contributed by atoms with Crippen LogP contribution >= 0.6 is 0 Å². The van der Waals surface area contributed by atoms with E-state index in [1.165, 1.54) is 5.56 Å². The Hall–Kier alpha value is -2.43. The minimum atomic E-state index is -0.0721. The molecule has 0 bridgehead atoms. The Morgan fingerprint density at radius 2 is 1.92 bits per heavy atom. The Morgan fingerprint density at radius 1 is 1.16 bits per heavy atom. The van der Waals surface area contributed by atoms with Gasteiger partial charge in [-0.3, -0.25) is 4.99 Å². The van der Waals surface area contributed by atoms with Crippen molar-refractivity contribution in [1.29, 1.82) is 0 Å². The van der Waals surface area contributed by atoms with Crippen LogP contribution < -0.4 is 15.4 Å². The molecule has 0 aliphatic rings. The lowest BCUT2D eigenvalue weighted by atomic mass is 9.85. The Morgan fingerprint density at radius 3 is 2.60 bits per heavy atom. The number of rotatable bonds is 8. The largest absolute Gasteiger partial charge is 0.497 e. The van der Waals surface area contributed by atoms with Crippen molar-refractivity contribution in [1.82, 2.24) is 15.2 Å². The van der Waals surface area contributed by atoms with E-state index in [1.807, 2.05) is 24.3 Å². The lowest BCUT2D eigenvalue weighted by Gasteiger charge is -2.24. The minimum Gasteiger partial charge on any atom is -0.497 e. The summed E-state index contributed by atoms with van der Waals surface area (Å²) < 4.78 is 7.49. The maximum atomic E-state index is 5.34. The molecule has 0 fully saturated rings. The highest BCUT2D eigenvalue weighted by atomic mass is 16.5. The maximum absolute atomic E-state index is 5.34. The van der Waals surface area contributed by atoms with E-state index in [4.69, 9.17) is 9.73 Å². The molecule has 25 heavy (non-hydrogen) atoms. The zero-order valence-corrected chi connectivity index (χ0v) is 15.7. The average molecular weight is 342 g/mol. The monoisotopic (exact) mass is 342 g/mol. The van der Waals surface area contributed by atoms with Gasteiger partial charge in [-0.15, -0.1) is 0 Å². The molecule has 0 unspecified atom stereocenters. The summed E-state index contributed by atoms with van der Waals surface area (Å²) in [7, 11) is 1.70. The number of methoxy groups -OCH3 is 1. The fraction of sp³-hybridized carbons (Fsp3) is 0.450. The van der Waals surface area contributed by atoms with Gasteiger partial charge >= 0.3 is 0 Å². The topological polar surface area (TPSA) is 50.6 Å². The van der Waals surface area contributed by atoms with Gasteiger partial charge < -0.3 is 19.9 Å². The first kappa shape index (κ1) is 18.9. The van der Waals surface area contributed by atoms with Crippen LogP contribution in [-0.4, -0.2) is 37.3 Å². The van der Waals surface area contributed by atoms with Crippen molar-refractivity contribution >= 4 is 5.96 Å². The van der Waals surface area contributed by atoms with Crippen molar-refractivity contribution in [3.05, 3.63) is 54.4 Å². The molecule has 2 N–H and O–H groups in total. The number of hydrogen-bond acceptors (Lipinski definition) is 2. The standard InChI is InChI=1S/C20H30N4O/c1-5-21-19(22-11-14-24-12-6-7-13-24)23-16-20(2,3)17-9-8-10-18(15-17)25-4/h6-10,12-13,15H,5,11,14,16H2,1-4H3,(H2,21,22,23). The molecule has 1 aromatic heterocycles. The van der Waals surface area contributed by atoms with E-state index in [0.717, 1.165) is 31.3 Å². The second kappa shape index (κ2) is 9.16. The molecule has 2 rings (SSSR count). The number of hydrogen-bond donors (Lipinski definition) is 2. The van der Waals surface area contributed by atoms with Gasteiger partial charge in [0.15, 0.2) is 5.96 Å². The summed E-state index contributed by atoms with van der Waals surface area (Å²) in [4.78, 5) is 4.78. The molecule has 2 aromatic rings. The minimum absolute atomic E-state index is 0.0721. The smallest absolute Gasteiger partial charge is 0.191 e. The fourth-order valence-corrected chi connectivity index (χ4v) is 2.58. The van der Waals surface area contributed by atoms with Gasteiger partial charge in [-0.25, -0.2) is 0 Å². The van der Waals surface area contributed by atoms with E-state index in [9.17, 15) is 0 Å². The second-order valence-corrected chi connectivity index (χ2v) is 6.66. The normalized spacial score (nSPS) is 12.1. The van der Waals surface area contributed by atoms with E-state index in [2.05, 4.69) is 60.5 Å². The van der Waals surface area contributed by atoms with Crippen LogP contribution in [-0.2, 0) is 12.0 Å². The quantitative estimate of drug-likeness (QED) is 0.573. The van der Waals surface area contributed by atoms with Gasteiger partial charge in [0.2, 0.25) is 0 Å².